The zero-order chi connectivity index (χ0) is 12.7. The van der Waals surface area contributed by atoms with E-state index >= 15 is 0 Å². The van der Waals surface area contributed by atoms with Gasteiger partial charge in [0, 0.05) is 24.8 Å². The first-order valence-electron chi connectivity index (χ1n) is 6.73. The lowest BCUT2D eigenvalue weighted by Gasteiger charge is -2.25. The molecule has 0 spiro atoms. The van der Waals surface area contributed by atoms with Gasteiger partial charge in [-0.25, -0.2) is 0 Å². The highest BCUT2D eigenvalue weighted by molar-refractivity contribution is 5.53. The Labute approximate surface area is 105 Å². The van der Waals surface area contributed by atoms with Crippen LogP contribution in [0.2, 0.25) is 0 Å². The maximum absolute atomic E-state index is 9.77. The number of rotatable bonds is 7. The van der Waals surface area contributed by atoms with Crippen molar-refractivity contribution in [1.29, 1.82) is 0 Å². The highest BCUT2D eigenvalue weighted by Crippen LogP contribution is 2.24. The summed E-state index contributed by atoms with van der Waals surface area (Å²) in [5.41, 5.74) is 2.09. The SMILES string of the molecule is CCCCN(CCCC)c1ccc(C)c(O)c1. The average Bonchev–Trinajstić information content (AvgIpc) is 2.33. The number of hydrogen-bond acceptors (Lipinski definition) is 2. The molecule has 17 heavy (non-hydrogen) atoms. The van der Waals surface area contributed by atoms with E-state index in [1.54, 1.807) is 0 Å². The topological polar surface area (TPSA) is 23.5 Å². The summed E-state index contributed by atoms with van der Waals surface area (Å²) in [7, 11) is 0. The van der Waals surface area contributed by atoms with Gasteiger partial charge in [-0.15, -0.1) is 0 Å². The van der Waals surface area contributed by atoms with Crippen LogP contribution in [-0.4, -0.2) is 18.2 Å². The molecule has 0 amide bonds. The van der Waals surface area contributed by atoms with Crippen molar-refractivity contribution in [2.45, 2.75) is 46.5 Å². The third-order valence-corrected chi connectivity index (χ3v) is 3.12. The smallest absolute Gasteiger partial charge is 0.120 e. The first kappa shape index (κ1) is 13.9. The fraction of sp³-hybridized carbons (Fsp3) is 0.600. The first-order chi connectivity index (χ1) is 8.19. The fourth-order valence-corrected chi connectivity index (χ4v) is 1.86. The Kier molecular flexibility index (Phi) is 5.88. The Balaban J connectivity index is 2.75. The molecule has 0 aliphatic carbocycles. The van der Waals surface area contributed by atoms with Crippen molar-refractivity contribution in [3.63, 3.8) is 0 Å². The van der Waals surface area contributed by atoms with Crippen LogP contribution in [0.3, 0.4) is 0 Å². The fourth-order valence-electron chi connectivity index (χ4n) is 1.86. The maximum atomic E-state index is 9.77. The van der Waals surface area contributed by atoms with Crippen molar-refractivity contribution >= 4 is 5.69 Å². The largest absolute Gasteiger partial charge is 0.508 e. The average molecular weight is 235 g/mol. The molecule has 1 aromatic carbocycles. The van der Waals surface area contributed by atoms with Gasteiger partial charge in [0.2, 0.25) is 0 Å². The molecule has 0 atom stereocenters. The number of nitrogens with zero attached hydrogens (tertiary/aromatic N) is 1. The van der Waals surface area contributed by atoms with Gasteiger partial charge in [0.1, 0.15) is 5.75 Å². The summed E-state index contributed by atoms with van der Waals surface area (Å²) in [6.45, 7) is 8.52. The van der Waals surface area contributed by atoms with Gasteiger partial charge in [-0.3, -0.25) is 0 Å². The van der Waals surface area contributed by atoms with Crippen LogP contribution in [-0.2, 0) is 0 Å². The second kappa shape index (κ2) is 7.21. The maximum Gasteiger partial charge on any atom is 0.120 e. The number of unbranched alkanes of at least 4 members (excludes halogenated alkanes) is 2. The van der Waals surface area contributed by atoms with E-state index in [0.29, 0.717) is 5.75 Å². The molecule has 0 aliphatic heterocycles. The summed E-state index contributed by atoms with van der Waals surface area (Å²) in [6.07, 6.45) is 4.83. The number of phenols is 1. The molecule has 2 nitrogen and oxygen atoms in total. The molecule has 0 fully saturated rings. The quantitative estimate of drug-likeness (QED) is 0.769. The Morgan fingerprint density at radius 1 is 1.06 bits per heavy atom. The van der Waals surface area contributed by atoms with Crippen LogP contribution < -0.4 is 4.90 Å². The molecule has 1 N–H and O–H groups in total. The number of phenolic OH excluding ortho intramolecular Hbond substituents is 1. The minimum atomic E-state index is 0.403. The molecule has 0 aromatic heterocycles. The van der Waals surface area contributed by atoms with E-state index in [1.807, 2.05) is 19.1 Å². The van der Waals surface area contributed by atoms with Gasteiger partial charge < -0.3 is 10.0 Å². The van der Waals surface area contributed by atoms with Gasteiger partial charge in [0.05, 0.1) is 0 Å². The van der Waals surface area contributed by atoms with Crippen LogP contribution in [0.5, 0.6) is 5.75 Å². The molecule has 96 valence electrons. The van der Waals surface area contributed by atoms with E-state index in [2.05, 4.69) is 24.8 Å². The van der Waals surface area contributed by atoms with Gasteiger partial charge in [0.25, 0.3) is 0 Å². The van der Waals surface area contributed by atoms with Crippen LogP contribution in [0.15, 0.2) is 18.2 Å². The minimum absolute atomic E-state index is 0.403. The Morgan fingerprint density at radius 2 is 1.65 bits per heavy atom. The van der Waals surface area contributed by atoms with E-state index in [9.17, 15) is 5.11 Å². The van der Waals surface area contributed by atoms with Crippen molar-refractivity contribution < 1.29 is 5.11 Å². The van der Waals surface area contributed by atoms with E-state index in [0.717, 1.165) is 24.3 Å². The zero-order valence-corrected chi connectivity index (χ0v) is 11.4. The van der Waals surface area contributed by atoms with E-state index in [1.165, 1.54) is 25.7 Å². The summed E-state index contributed by atoms with van der Waals surface area (Å²) in [5.74, 6) is 0.403. The number of anilines is 1. The van der Waals surface area contributed by atoms with E-state index in [4.69, 9.17) is 0 Å². The number of hydrogen-bond donors (Lipinski definition) is 1. The molecule has 0 bridgehead atoms. The van der Waals surface area contributed by atoms with Crippen molar-refractivity contribution in [1.82, 2.24) is 0 Å². The number of benzene rings is 1. The summed E-state index contributed by atoms with van der Waals surface area (Å²) >= 11 is 0. The van der Waals surface area contributed by atoms with Crippen LogP contribution in [0.25, 0.3) is 0 Å². The molecule has 0 saturated heterocycles. The van der Waals surface area contributed by atoms with Gasteiger partial charge in [-0.05, 0) is 31.4 Å². The molecular weight excluding hydrogens is 210 g/mol. The number of aromatic hydroxyl groups is 1. The van der Waals surface area contributed by atoms with Gasteiger partial charge in [-0.2, -0.15) is 0 Å². The third-order valence-electron chi connectivity index (χ3n) is 3.12. The standard InChI is InChI=1S/C15H25NO/c1-4-6-10-16(11-7-5-2)14-9-8-13(3)15(17)12-14/h8-9,12,17H,4-7,10-11H2,1-3H3. The van der Waals surface area contributed by atoms with Crippen LogP contribution in [0, 0.1) is 6.92 Å². The van der Waals surface area contributed by atoms with Crippen LogP contribution in [0.4, 0.5) is 5.69 Å². The number of aryl methyl sites for hydroxylation is 1. The lowest BCUT2D eigenvalue weighted by atomic mass is 10.1. The van der Waals surface area contributed by atoms with Crippen LogP contribution >= 0.6 is 0 Å². The summed E-state index contributed by atoms with van der Waals surface area (Å²) < 4.78 is 0. The highest BCUT2D eigenvalue weighted by Gasteiger charge is 2.07. The second-order valence-electron chi connectivity index (χ2n) is 4.66. The molecule has 0 heterocycles. The Morgan fingerprint density at radius 3 is 2.12 bits per heavy atom. The Bertz CT molecular complexity index is 328. The molecule has 2 heteroatoms. The normalized spacial score (nSPS) is 10.5. The molecule has 1 rings (SSSR count). The lowest BCUT2D eigenvalue weighted by molar-refractivity contribution is 0.471. The van der Waals surface area contributed by atoms with Crippen molar-refractivity contribution in [3.8, 4) is 5.75 Å². The minimum Gasteiger partial charge on any atom is -0.508 e. The first-order valence-corrected chi connectivity index (χ1v) is 6.73. The van der Waals surface area contributed by atoms with Gasteiger partial charge >= 0.3 is 0 Å². The summed E-state index contributed by atoms with van der Waals surface area (Å²) in [6, 6.07) is 6.00. The molecule has 0 unspecified atom stereocenters. The van der Waals surface area contributed by atoms with Crippen molar-refractivity contribution in [2.75, 3.05) is 18.0 Å². The molecule has 0 radical (unpaired) electrons. The van der Waals surface area contributed by atoms with E-state index < -0.39 is 0 Å². The predicted octanol–water partition coefficient (Wildman–Crippen LogP) is 4.11. The third kappa shape index (κ3) is 4.29. The molecule has 0 aliphatic rings. The van der Waals surface area contributed by atoms with E-state index in [-0.39, 0.29) is 0 Å². The molecule has 1 aromatic rings. The van der Waals surface area contributed by atoms with Crippen LogP contribution in [0.1, 0.15) is 45.1 Å². The van der Waals surface area contributed by atoms with Crippen molar-refractivity contribution in [3.05, 3.63) is 23.8 Å². The lowest BCUT2D eigenvalue weighted by Crippen LogP contribution is -2.25. The summed E-state index contributed by atoms with van der Waals surface area (Å²) in [5, 5.41) is 9.77. The monoisotopic (exact) mass is 235 g/mol. The molecular formula is C15H25NO. The predicted molar refractivity (Wildman–Crippen MR) is 74.9 cm³/mol. The summed E-state index contributed by atoms with van der Waals surface area (Å²) in [4.78, 5) is 2.38. The highest BCUT2D eigenvalue weighted by atomic mass is 16.3. The van der Waals surface area contributed by atoms with Crippen molar-refractivity contribution in [2.24, 2.45) is 0 Å². The molecule has 0 saturated carbocycles. The van der Waals surface area contributed by atoms with Gasteiger partial charge in [0.15, 0.2) is 0 Å². The zero-order valence-electron chi connectivity index (χ0n) is 11.4. The second-order valence-corrected chi connectivity index (χ2v) is 4.66. The van der Waals surface area contributed by atoms with Gasteiger partial charge in [-0.1, -0.05) is 32.8 Å². The Hall–Kier alpha value is -1.18.